The number of nitrogens with one attached hydrogen (secondary N) is 1. The van der Waals surface area contributed by atoms with Crippen molar-refractivity contribution in [2.45, 2.75) is 18.9 Å². The zero-order chi connectivity index (χ0) is 23.3. The molecule has 172 valence electrons. The summed E-state index contributed by atoms with van der Waals surface area (Å²) >= 11 is 0. The molecule has 34 heavy (non-hydrogen) atoms. The number of aromatic nitrogens is 2. The van der Waals surface area contributed by atoms with Crippen molar-refractivity contribution in [2.75, 3.05) is 26.7 Å². The summed E-state index contributed by atoms with van der Waals surface area (Å²) in [5.41, 5.74) is 3.97. The number of pyridine rings is 2. The average molecular weight is 453 g/mol. The summed E-state index contributed by atoms with van der Waals surface area (Å²) in [4.78, 5) is 25.1. The smallest absolute Gasteiger partial charge is 0.252 e. The highest BCUT2D eigenvalue weighted by Gasteiger charge is 2.25. The predicted octanol–water partition coefficient (Wildman–Crippen LogP) is 4.87. The van der Waals surface area contributed by atoms with Gasteiger partial charge in [0.15, 0.2) is 0 Å². The minimum atomic E-state index is -0.108. The van der Waals surface area contributed by atoms with Crippen molar-refractivity contribution in [1.82, 2.24) is 20.2 Å². The number of methoxy groups -OCH3 is 1. The Morgan fingerprint density at radius 3 is 2.62 bits per heavy atom. The van der Waals surface area contributed by atoms with Gasteiger partial charge in [0.1, 0.15) is 5.75 Å². The van der Waals surface area contributed by atoms with Gasteiger partial charge in [-0.05, 0) is 67.9 Å². The quantitative estimate of drug-likeness (QED) is 0.433. The Morgan fingerprint density at radius 1 is 1.00 bits per heavy atom. The molecular formula is C28H28N4O2. The van der Waals surface area contributed by atoms with E-state index >= 15 is 0 Å². The molecule has 4 aromatic rings. The highest BCUT2D eigenvalue weighted by Crippen LogP contribution is 2.28. The molecule has 1 aliphatic heterocycles. The first-order valence-corrected chi connectivity index (χ1v) is 11.7. The lowest BCUT2D eigenvalue weighted by Gasteiger charge is -2.28. The lowest BCUT2D eigenvalue weighted by molar-refractivity contribution is 0.0939. The average Bonchev–Trinajstić information content (AvgIpc) is 3.43. The van der Waals surface area contributed by atoms with Crippen LogP contribution in [0.1, 0.15) is 34.8 Å². The fourth-order valence-electron chi connectivity index (χ4n) is 4.65. The second-order valence-corrected chi connectivity index (χ2v) is 8.53. The predicted molar refractivity (Wildman–Crippen MR) is 134 cm³/mol. The first-order chi connectivity index (χ1) is 16.7. The van der Waals surface area contributed by atoms with Crippen LogP contribution >= 0.6 is 0 Å². The number of fused-ring (bicyclic) bond motifs is 1. The van der Waals surface area contributed by atoms with Crippen molar-refractivity contribution in [3.8, 4) is 17.1 Å². The van der Waals surface area contributed by atoms with Crippen LogP contribution in [-0.2, 0) is 0 Å². The van der Waals surface area contributed by atoms with Gasteiger partial charge in [-0.2, -0.15) is 0 Å². The second-order valence-electron chi connectivity index (χ2n) is 8.53. The molecule has 1 atom stereocenters. The molecule has 1 fully saturated rings. The van der Waals surface area contributed by atoms with Crippen LogP contribution in [0.25, 0.3) is 22.3 Å². The fourth-order valence-corrected chi connectivity index (χ4v) is 4.65. The molecule has 0 saturated carbocycles. The number of carbonyl (C=O) groups excluding carboxylic acids is 1. The number of hydrogen-bond acceptors (Lipinski definition) is 5. The first-order valence-electron chi connectivity index (χ1n) is 11.7. The second kappa shape index (κ2) is 10.0. The van der Waals surface area contributed by atoms with Crippen molar-refractivity contribution in [3.63, 3.8) is 0 Å². The van der Waals surface area contributed by atoms with Gasteiger partial charge in [0, 0.05) is 18.1 Å². The molecule has 6 nitrogen and oxygen atoms in total. The molecule has 1 aliphatic rings. The molecule has 0 radical (unpaired) electrons. The summed E-state index contributed by atoms with van der Waals surface area (Å²) in [7, 11) is 1.68. The van der Waals surface area contributed by atoms with Crippen LogP contribution in [0, 0.1) is 0 Å². The van der Waals surface area contributed by atoms with Crippen molar-refractivity contribution in [3.05, 3.63) is 90.1 Å². The number of nitrogens with zero attached hydrogens (tertiary/aromatic N) is 3. The van der Waals surface area contributed by atoms with Crippen molar-refractivity contribution in [1.29, 1.82) is 0 Å². The number of ether oxygens (including phenoxy) is 1. The zero-order valence-corrected chi connectivity index (χ0v) is 19.3. The zero-order valence-electron chi connectivity index (χ0n) is 19.3. The molecular weight excluding hydrogens is 424 g/mol. The summed E-state index contributed by atoms with van der Waals surface area (Å²) in [6, 6.07) is 23.5. The number of hydrogen-bond donors (Lipinski definition) is 1. The molecule has 2 aromatic carbocycles. The van der Waals surface area contributed by atoms with Gasteiger partial charge < -0.3 is 10.1 Å². The van der Waals surface area contributed by atoms with Crippen LogP contribution in [0.3, 0.4) is 0 Å². The van der Waals surface area contributed by atoms with Gasteiger partial charge in [-0.25, -0.2) is 4.98 Å². The summed E-state index contributed by atoms with van der Waals surface area (Å²) in [6.07, 6.45) is 4.09. The Morgan fingerprint density at radius 2 is 1.82 bits per heavy atom. The van der Waals surface area contributed by atoms with E-state index in [9.17, 15) is 4.79 Å². The standard InChI is InChI=1S/C28H28N4O2/c1-34-21-10-8-9-20(17-21)27(32-15-6-7-16-32)19-30-28(33)23-18-26(25-13-4-5-14-29-25)31-24-12-3-2-11-22(23)24/h2-5,8-14,17-18,27H,6-7,15-16,19H2,1H3,(H,30,33)/t27-/m0/s1. The number of rotatable bonds is 7. The van der Waals surface area contributed by atoms with Crippen molar-refractivity contribution < 1.29 is 9.53 Å². The van der Waals surface area contributed by atoms with E-state index < -0.39 is 0 Å². The number of carbonyl (C=O) groups is 1. The lowest BCUT2D eigenvalue weighted by atomic mass is 10.0. The third-order valence-corrected chi connectivity index (χ3v) is 6.40. The van der Waals surface area contributed by atoms with E-state index in [0.29, 0.717) is 17.8 Å². The van der Waals surface area contributed by atoms with E-state index in [-0.39, 0.29) is 11.9 Å². The van der Waals surface area contributed by atoms with Crippen molar-refractivity contribution >= 4 is 16.8 Å². The van der Waals surface area contributed by atoms with Gasteiger partial charge in [0.05, 0.1) is 35.6 Å². The number of amides is 1. The monoisotopic (exact) mass is 452 g/mol. The van der Waals surface area contributed by atoms with Gasteiger partial charge in [0.2, 0.25) is 0 Å². The minimum absolute atomic E-state index is 0.0879. The number of likely N-dealkylation sites (tertiary alicyclic amines) is 1. The molecule has 1 N–H and O–H groups in total. The summed E-state index contributed by atoms with van der Waals surface area (Å²) < 4.78 is 5.45. The Bertz CT molecular complexity index is 1290. The van der Waals surface area contributed by atoms with E-state index in [1.165, 1.54) is 12.8 Å². The maximum absolute atomic E-state index is 13.5. The molecule has 5 rings (SSSR count). The summed E-state index contributed by atoms with van der Waals surface area (Å²) in [5, 5.41) is 4.05. The maximum atomic E-state index is 13.5. The van der Waals surface area contributed by atoms with Gasteiger partial charge in [-0.15, -0.1) is 0 Å². The van der Waals surface area contributed by atoms with E-state index in [2.05, 4.69) is 27.3 Å². The minimum Gasteiger partial charge on any atom is -0.497 e. The SMILES string of the molecule is COc1cccc([C@H](CNC(=O)c2cc(-c3ccccn3)nc3ccccc23)N2CCCC2)c1. The molecule has 2 aromatic heterocycles. The molecule has 1 saturated heterocycles. The van der Waals surface area contributed by atoms with Gasteiger partial charge in [0.25, 0.3) is 5.91 Å². The molecule has 0 bridgehead atoms. The summed E-state index contributed by atoms with van der Waals surface area (Å²) in [5.74, 6) is 0.719. The highest BCUT2D eigenvalue weighted by molar-refractivity contribution is 6.07. The Labute approximate surface area is 199 Å². The van der Waals surface area contributed by atoms with Crippen molar-refractivity contribution in [2.24, 2.45) is 0 Å². The Balaban J connectivity index is 1.45. The third kappa shape index (κ3) is 4.63. The van der Waals surface area contributed by atoms with E-state index in [4.69, 9.17) is 9.72 Å². The number of benzene rings is 2. The van der Waals surface area contributed by atoms with E-state index in [1.807, 2.05) is 60.7 Å². The Kier molecular flexibility index (Phi) is 6.49. The van der Waals surface area contributed by atoms with Crippen LogP contribution in [0.2, 0.25) is 0 Å². The van der Waals surface area contributed by atoms with Gasteiger partial charge >= 0.3 is 0 Å². The van der Waals surface area contributed by atoms with Crippen LogP contribution in [0.5, 0.6) is 5.75 Å². The highest BCUT2D eigenvalue weighted by atomic mass is 16.5. The number of para-hydroxylation sites is 1. The largest absolute Gasteiger partial charge is 0.497 e. The third-order valence-electron chi connectivity index (χ3n) is 6.40. The molecule has 3 heterocycles. The molecule has 0 aliphatic carbocycles. The van der Waals surface area contributed by atoms with E-state index in [1.54, 1.807) is 13.3 Å². The fraction of sp³-hybridized carbons (Fsp3) is 0.250. The van der Waals surface area contributed by atoms with Crippen LogP contribution in [-0.4, -0.2) is 47.5 Å². The first kappa shape index (κ1) is 22.0. The molecule has 0 spiro atoms. The van der Waals surface area contributed by atoms with E-state index in [0.717, 1.165) is 41.0 Å². The maximum Gasteiger partial charge on any atom is 0.252 e. The Hall–Kier alpha value is -3.77. The molecule has 1 amide bonds. The van der Waals surface area contributed by atoms with Crippen LogP contribution in [0.15, 0.2) is 79.0 Å². The molecule has 0 unspecified atom stereocenters. The van der Waals surface area contributed by atoms with Crippen LogP contribution < -0.4 is 10.1 Å². The van der Waals surface area contributed by atoms with Gasteiger partial charge in [-0.3, -0.25) is 14.7 Å². The summed E-state index contributed by atoms with van der Waals surface area (Å²) in [6.45, 7) is 2.57. The lowest BCUT2D eigenvalue weighted by Crippen LogP contribution is -2.37. The normalized spacial score (nSPS) is 14.7. The molecule has 6 heteroatoms. The van der Waals surface area contributed by atoms with Crippen LogP contribution in [0.4, 0.5) is 0 Å². The van der Waals surface area contributed by atoms with Gasteiger partial charge in [-0.1, -0.05) is 36.4 Å². The topological polar surface area (TPSA) is 67.3 Å².